The predicted molar refractivity (Wildman–Crippen MR) is 103 cm³/mol. The zero-order chi connectivity index (χ0) is 18.6. The molecule has 0 amide bonds. The molecule has 2 aliphatic heterocycles. The smallest absolute Gasteiger partial charge is 0.124 e. The fourth-order valence-corrected chi connectivity index (χ4v) is 4.00. The van der Waals surface area contributed by atoms with Crippen LogP contribution in [0.4, 0.5) is 0 Å². The predicted octanol–water partition coefficient (Wildman–Crippen LogP) is 3.25. The fraction of sp³-hybridized carbons (Fsp3) is 0.455. The van der Waals surface area contributed by atoms with Gasteiger partial charge in [-0.1, -0.05) is 43.3 Å². The second-order valence-corrected chi connectivity index (χ2v) is 7.24. The topological polar surface area (TPSA) is 60.0 Å². The summed E-state index contributed by atoms with van der Waals surface area (Å²) in [5.74, 6) is 1.77. The summed E-state index contributed by atoms with van der Waals surface area (Å²) in [6, 6.07) is 16.1. The number of ether oxygens (including phenoxy) is 3. The number of fused-ring (bicyclic) bond motifs is 6. The van der Waals surface area contributed by atoms with Crippen LogP contribution in [0.3, 0.4) is 0 Å². The van der Waals surface area contributed by atoms with Gasteiger partial charge in [-0.3, -0.25) is 0 Å². The summed E-state index contributed by atoms with van der Waals surface area (Å²) in [5.41, 5.74) is 2.15. The summed E-state index contributed by atoms with van der Waals surface area (Å²) in [4.78, 5) is 0. The molecule has 5 nitrogen and oxygen atoms in total. The highest BCUT2D eigenvalue weighted by Gasteiger charge is 2.37. The zero-order valence-electron chi connectivity index (χ0n) is 15.6. The van der Waals surface area contributed by atoms with Gasteiger partial charge in [-0.25, -0.2) is 0 Å². The summed E-state index contributed by atoms with van der Waals surface area (Å²) < 4.78 is 17.6. The second-order valence-electron chi connectivity index (χ2n) is 7.24. The molecule has 2 aromatic carbocycles. The first kappa shape index (κ1) is 18.3. The van der Waals surface area contributed by atoms with Crippen molar-refractivity contribution in [1.29, 1.82) is 0 Å². The Hall–Kier alpha value is -2.08. The molecule has 144 valence electrons. The van der Waals surface area contributed by atoms with E-state index in [1.165, 1.54) is 0 Å². The first-order chi connectivity index (χ1) is 13.2. The maximum absolute atomic E-state index is 10.8. The van der Waals surface area contributed by atoms with E-state index in [1.54, 1.807) is 0 Å². The molecule has 2 aliphatic rings. The van der Waals surface area contributed by atoms with Crippen molar-refractivity contribution >= 4 is 0 Å². The van der Waals surface area contributed by atoms with Gasteiger partial charge in [0.1, 0.15) is 24.7 Å². The first-order valence-corrected chi connectivity index (χ1v) is 9.69. The van der Waals surface area contributed by atoms with Gasteiger partial charge in [-0.15, -0.1) is 0 Å². The number of aliphatic hydroxyl groups is 1. The van der Waals surface area contributed by atoms with Crippen molar-refractivity contribution in [2.75, 3.05) is 26.4 Å². The molecule has 5 heteroatoms. The lowest BCUT2D eigenvalue weighted by Gasteiger charge is -2.40. The number of para-hydroxylation sites is 2. The van der Waals surface area contributed by atoms with E-state index < -0.39 is 6.10 Å². The molecule has 4 rings (SSSR count). The monoisotopic (exact) mass is 369 g/mol. The van der Waals surface area contributed by atoms with E-state index in [1.807, 2.05) is 36.4 Å². The van der Waals surface area contributed by atoms with Crippen LogP contribution in [0, 0.1) is 5.92 Å². The maximum Gasteiger partial charge on any atom is 0.124 e. The molecular formula is C22H27NO4. The molecule has 2 aromatic rings. The highest BCUT2D eigenvalue weighted by atomic mass is 16.5. The van der Waals surface area contributed by atoms with Crippen molar-refractivity contribution in [3.63, 3.8) is 0 Å². The lowest BCUT2D eigenvalue weighted by Crippen LogP contribution is -2.43. The average molecular weight is 369 g/mol. The number of piperidine rings is 1. The molecule has 27 heavy (non-hydrogen) atoms. The van der Waals surface area contributed by atoms with Gasteiger partial charge in [0.2, 0.25) is 0 Å². The number of rotatable bonds is 0. The molecule has 2 bridgehead atoms. The minimum atomic E-state index is -0.404. The molecule has 0 aromatic heterocycles. The molecule has 4 atom stereocenters. The van der Waals surface area contributed by atoms with Crippen LogP contribution in [0.2, 0.25) is 0 Å². The highest BCUT2D eigenvalue weighted by Crippen LogP contribution is 2.41. The van der Waals surface area contributed by atoms with Crippen LogP contribution in [0.25, 0.3) is 0 Å². The van der Waals surface area contributed by atoms with Crippen molar-refractivity contribution in [1.82, 2.24) is 5.32 Å². The summed E-state index contributed by atoms with van der Waals surface area (Å²) in [7, 11) is 0. The quantitative estimate of drug-likeness (QED) is 0.747. The van der Waals surface area contributed by atoms with Crippen LogP contribution >= 0.6 is 0 Å². The van der Waals surface area contributed by atoms with E-state index in [2.05, 4.69) is 24.4 Å². The Morgan fingerprint density at radius 3 is 2.15 bits per heavy atom. The first-order valence-electron chi connectivity index (χ1n) is 9.69. The Kier molecular flexibility index (Phi) is 5.62. The number of aliphatic hydroxyl groups excluding tert-OH is 1. The molecule has 0 radical (unpaired) electrons. The van der Waals surface area contributed by atoms with Gasteiger partial charge >= 0.3 is 0 Å². The Morgan fingerprint density at radius 1 is 0.852 bits per heavy atom. The van der Waals surface area contributed by atoms with Gasteiger partial charge in [0.15, 0.2) is 0 Å². The summed E-state index contributed by atoms with van der Waals surface area (Å²) >= 11 is 0. The number of nitrogens with one attached hydrogen (secondary N) is 1. The van der Waals surface area contributed by atoms with Crippen LogP contribution in [-0.2, 0) is 4.74 Å². The third kappa shape index (κ3) is 3.95. The summed E-state index contributed by atoms with van der Waals surface area (Å²) in [5, 5.41) is 14.5. The Balaban J connectivity index is 1.73. The minimum Gasteiger partial charge on any atom is -0.491 e. The number of hydrogen-bond acceptors (Lipinski definition) is 5. The van der Waals surface area contributed by atoms with Crippen LogP contribution in [-0.4, -0.2) is 37.6 Å². The SMILES string of the molecule is C[C@H]1[C@@H]2N[C@H](C[C@@H]1O)c1ccccc1OCCOCCOc1ccccc12. The molecule has 1 saturated heterocycles. The normalized spacial score (nSPS) is 28.7. The van der Waals surface area contributed by atoms with Gasteiger partial charge in [-0.05, 0) is 18.6 Å². The van der Waals surface area contributed by atoms with Gasteiger partial charge in [0.25, 0.3) is 0 Å². The third-order valence-corrected chi connectivity index (χ3v) is 5.51. The summed E-state index contributed by atoms with van der Waals surface area (Å²) in [6.45, 7) is 4.09. The number of benzene rings is 2. The molecule has 0 unspecified atom stereocenters. The van der Waals surface area contributed by atoms with Crippen molar-refractivity contribution in [3.8, 4) is 11.5 Å². The van der Waals surface area contributed by atoms with Crippen LogP contribution in [0.15, 0.2) is 48.5 Å². The van der Waals surface area contributed by atoms with E-state index in [0.717, 1.165) is 22.6 Å². The molecule has 0 aliphatic carbocycles. The van der Waals surface area contributed by atoms with Crippen molar-refractivity contribution in [3.05, 3.63) is 59.7 Å². The number of hydrogen-bond donors (Lipinski definition) is 2. The van der Waals surface area contributed by atoms with Gasteiger partial charge in [0, 0.05) is 29.1 Å². The average Bonchev–Trinajstić information content (AvgIpc) is 2.69. The lowest BCUT2D eigenvalue weighted by atomic mass is 9.80. The van der Waals surface area contributed by atoms with Crippen molar-refractivity contribution in [2.45, 2.75) is 31.5 Å². The molecule has 2 heterocycles. The second kappa shape index (κ2) is 8.30. The molecule has 0 spiro atoms. The Morgan fingerprint density at radius 2 is 1.44 bits per heavy atom. The Bertz CT molecular complexity index is 765. The largest absolute Gasteiger partial charge is 0.491 e. The molecule has 2 N–H and O–H groups in total. The molecule has 0 saturated carbocycles. The van der Waals surface area contributed by atoms with E-state index in [9.17, 15) is 5.11 Å². The van der Waals surface area contributed by atoms with Crippen molar-refractivity contribution < 1.29 is 19.3 Å². The van der Waals surface area contributed by atoms with Crippen LogP contribution in [0.1, 0.15) is 36.6 Å². The molecular weight excluding hydrogens is 342 g/mol. The van der Waals surface area contributed by atoms with Crippen LogP contribution in [0.5, 0.6) is 11.5 Å². The highest BCUT2D eigenvalue weighted by molar-refractivity contribution is 5.40. The van der Waals surface area contributed by atoms with Gasteiger partial charge in [0.05, 0.1) is 19.3 Å². The maximum atomic E-state index is 10.8. The van der Waals surface area contributed by atoms with Gasteiger partial charge in [-0.2, -0.15) is 0 Å². The molecule has 1 fully saturated rings. The third-order valence-electron chi connectivity index (χ3n) is 5.51. The Labute approximate surface area is 160 Å². The van der Waals surface area contributed by atoms with Gasteiger partial charge < -0.3 is 24.6 Å². The van der Waals surface area contributed by atoms with Crippen molar-refractivity contribution in [2.24, 2.45) is 5.92 Å². The minimum absolute atomic E-state index is 0.00753. The van der Waals surface area contributed by atoms with Crippen LogP contribution < -0.4 is 14.8 Å². The standard InChI is InChI=1S/C22H27NO4/c1-15-19(24)14-18-16-6-2-4-8-20(16)26-12-10-25-11-13-27-21-9-5-3-7-17(21)22(15)23-18/h2-9,15,18-19,22-24H,10-14H2,1H3/t15-,18-,19+,22+/m1/s1. The van der Waals surface area contributed by atoms with E-state index in [0.29, 0.717) is 32.8 Å². The summed E-state index contributed by atoms with van der Waals surface area (Å²) in [6.07, 6.45) is 0.246. The van der Waals surface area contributed by atoms with E-state index in [4.69, 9.17) is 14.2 Å². The zero-order valence-corrected chi connectivity index (χ0v) is 15.6. The van der Waals surface area contributed by atoms with E-state index >= 15 is 0 Å². The fourth-order valence-electron chi connectivity index (χ4n) is 4.00. The van der Waals surface area contributed by atoms with E-state index in [-0.39, 0.29) is 18.0 Å². The lowest BCUT2D eigenvalue weighted by molar-refractivity contribution is 0.0365.